The summed E-state index contributed by atoms with van der Waals surface area (Å²) >= 11 is 11.5. The molecule has 1 rings (SSSR count). The summed E-state index contributed by atoms with van der Waals surface area (Å²) in [7, 11) is 0. The third-order valence-electron chi connectivity index (χ3n) is 1.98. The van der Waals surface area contributed by atoms with Crippen LogP contribution in [0.3, 0.4) is 0 Å². The van der Waals surface area contributed by atoms with Gasteiger partial charge in [0.1, 0.15) is 10.8 Å². The van der Waals surface area contributed by atoms with Crippen LogP contribution in [0, 0.1) is 0 Å². The first-order chi connectivity index (χ1) is 6.57. The van der Waals surface area contributed by atoms with E-state index >= 15 is 0 Å². The fourth-order valence-electron chi connectivity index (χ4n) is 1.19. The molecule has 0 aliphatic heterocycles. The van der Waals surface area contributed by atoms with Crippen LogP contribution in [-0.2, 0) is 0 Å². The molecule has 0 amide bonds. The van der Waals surface area contributed by atoms with Gasteiger partial charge in [-0.05, 0) is 19.0 Å². The molecule has 0 aromatic heterocycles. The Hall–Kier alpha value is -0.190. The molecule has 6 heteroatoms. The van der Waals surface area contributed by atoms with Gasteiger partial charge >= 0.3 is 0 Å². The highest BCUT2D eigenvalue weighted by Gasteiger charge is 2.14. The van der Waals surface area contributed by atoms with E-state index in [1.165, 1.54) is 0 Å². The first-order valence-electron chi connectivity index (χ1n) is 4.20. The molecule has 1 atom stereocenters. The van der Waals surface area contributed by atoms with Crippen LogP contribution in [0.25, 0.3) is 0 Å². The van der Waals surface area contributed by atoms with Crippen molar-refractivity contribution < 1.29 is 5.11 Å². The molecule has 0 aliphatic carbocycles. The predicted octanol–water partition coefficient (Wildman–Crippen LogP) is 2.47. The van der Waals surface area contributed by atoms with E-state index in [0.717, 1.165) is 0 Å². The van der Waals surface area contributed by atoms with Crippen molar-refractivity contribution >= 4 is 35.6 Å². The largest absolute Gasteiger partial charge is 0.506 e. The summed E-state index contributed by atoms with van der Waals surface area (Å²) in [5, 5.41) is 10.1. The minimum Gasteiger partial charge on any atom is -0.506 e. The lowest BCUT2D eigenvalue weighted by atomic mass is 10.0. The van der Waals surface area contributed by atoms with Crippen molar-refractivity contribution in [2.24, 2.45) is 11.5 Å². The molecule has 0 aliphatic rings. The van der Waals surface area contributed by atoms with Gasteiger partial charge < -0.3 is 16.6 Å². The highest BCUT2D eigenvalue weighted by atomic mass is 35.5. The lowest BCUT2D eigenvalue weighted by molar-refractivity contribution is 0.459. The van der Waals surface area contributed by atoms with Gasteiger partial charge in [0.15, 0.2) is 0 Å². The molecule has 1 aromatic rings. The fourth-order valence-corrected chi connectivity index (χ4v) is 1.51. The smallest absolute Gasteiger partial charge is 0.140 e. The van der Waals surface area contributed by atoms with Crippen LogP contribution in [0.2, 0.25) is 10.0 Å². The molecule has 5 N–H and O–H groups in total. The summed E-state index contributed by atoms with van der Waals surface area (Å²) in [5.41, 5.74) is 11.7. The summed E-state index contributed by atoms with van der Waals surface area (Å²) in [6.45, 7) is 0.459. The van der Waals surface area contributed by atoms with Gasteiger partial charge in [0, 0.05) is 11.6 Å². The van der Waals surface area contributed by atoms with Crippen molar-refractivity contribution in [2.45, 2.75) is 12.5 Å². The highest BCUT2D eigenvalue weighted by Crippen LogP contribution is 2.36. The van der Waals surface area contributed by atoms with Crippen LogP contribution >= 0.6 is 35.6 Å². The first kappa shape index (κ1) is 14.8. The molecule has 0 heterocycles. The average molecular weight is 272 g/mol. The Bertz CT molecular complexity index is 333. The molecule has 0 unspecified atom stereocenters. The summed E-state index contributed by atoms with van der Waals surface area (Å²) < 4.78 is 0. The molecule has 0 bridgehead atoms. The van der Waals surface area contributed by atoms with Crippen LogP contribution < -0.4 is 11.5 Å². The maximum atomic E-state index is 9.64. The van der Waals surface area contributed by atoms with Crippen molar-refractivity contribution in [1.82, 2.24) is 0 Å². The van der Waals surface area contributed by atoms with E-state index in [0.29, 0.717) is 23.6 Å². The summed E-state index contributed by atoms with van der Waals surface area (Å²) in [6, 6.07) is 2.95. The number of benzene rings is 1. The molecule has 0 saturated heterocycles. The summed E-state index contributed by atoms with van der Waals surface area (Å²) in [4.78, 5) is 0. The monoisotopic (exact) mass is 270 g/mol. The molecule has 0 radical (unpaired) electrons. The lowest BCUT2D eigenvalue weighted by Crippen LogP contribution is -2.15. The van der Waals surface area contributed by atoms with E-state index in [-0.39, 0.29) is 29.2 Å². The summed E-state index contributed by atoms with van der Waals surface area (Å²) in [6.07, 6.45) is 0.589. The molecule has 0 fully saturated rings. The zero-order valence-electron chi connectivity index (χ0n) is 7.91. The van der Waals surface area contributed by atoms with Crippen LogP contribution in [0.15, 0.2) is 12.1 Å². The number of rotatable bonds is 3. The number of nitrogens with two attached hydrogens (primary N) is 2. The number of hydrogen-bond donors (Lipinski definition) is 3. The Morgan fingerprint density at radius 1 is 1.33 bits per heavy atom. The average Bonchev–Trinajstić information content (AvgIpc) is 2.15. The molecule has 15 heavy (non-hydrogen) atoms. The number of phenols is 1. The topological polar surface area (TPSA) is 72.3 Å². The van der Waals surface area contributed by atoms with E-state index in [9.17, 15) is 5.11 Å². The minimum absolute atomic E-state index is 0. The van der Waals surface area contributed by atoms with Crippen molar-refractivity contribution in [2.75, 3.05) is 6.54 Å². The number of hydrogen-bond acceptors (Lipinski definition) is 3. The zero-order valence-corrected chi connectivity index (χ0v) is 10.2. The molecule has 0 saturated carbocycles. The quantitative estimate of drug-likeness (QED) is 0.791. The Labute approximate surface area is 105 Å². The van der Waals surface area contributed by atoms with E-state index in [1.54, 1.807) is 12.1 Å². The number of halogens is 3. The van der Waals surface area contributed by atoms with Gasteiger partial charge in [-0.3, -0.25) is 0 Å². The van der Waals surface area contributed by atoms with Crippen LogP contribution in [0.1, 0.15) is 18.0 Å². The first-order valence-corrected chi connectivity index (χ1v) is 4.96. The molecular formula is C9H13Cl3N2O. The van der Waals surface area contributed by atoms with Crippen molar-refractivity contribution in [3.8, 4) is 5.75 Å². The van der Waals surface area contributed by atoms with E-state index in [2.05, 4.69) is 0 Å². The van der Waals surface area contributed by atoms with Crippen LogP contribution in [0.5, 0.6) is 5.75 Å². The third kappa shape index (κ3) is 3.40. The van der Waals surface area contributed by atoms with Crippen molar-refractivity contribution in [1.29, 1.82) is 0 Å². The standard InChI is InChI=1S/C9H12Cl2N2O.ClH/c10-6-2-1-5(7(13)3-4-12)9(14)8(6)11;/h1-2,7,14H,3-4,12-13H2;1H/t7-;/m0./s1. The fraction of sp³-hybridized carbons (Fsp3) is 0.333. The van der Waals surface area contributed by atoms with E-state index in [4.69, 9.17) is 34.7 Å². The molecule has 3 nitrogen and oxygen atoms in total. The van der Waals surface area contributed by atoms with E-state index in [1.807, 2.05) is 0 Å². The normalized spacial score (nSPS) is 12.0. The highest BCUT2D eigenvalue weighted by molar-refractivity contribution is 6.43. The van der Waals surface area contributed by atoms with E-state index < -0.39 is 0 Å². The molecule has 0 spiro atoms. The Morgan fingerprint density at radius 3 is 2.47 bits per heavy atom. The maximum absolute atomic E-state index is 9.64. The second-order valence-electron chi connectivity index (χ2n) is 2.98. The Morgan fingerprint density at radius 2 is 1.93 bits per heavy atom. The van der Waals surface area contributed by atoms with Gasteiger partial charge in [0.25, 0.3) is 0 Å². The lowest BCUT2D eigenvalue weighted by Gasteiger charge is -2.13. The van der Waals surface area contributed by atoms with Gasteiger partial charge in [-0.2, -0.15) is 0 Å². The molecular weight excluding hydrogens is 258 g/mol. The van der Waals surface area contributed by atoms with Crippen LogP contribution in [0.4, 0.5) is 0 Å². The number of aromatic hydroxyl groups is 1. The zero-order chi connectivity index (χ0) is 10.7. The van der Waals surface area contributed by atoms with Gasteiger partial charge in [-0.25, -0.2) is 0 Å². The Balaban J connectivity index is 0.00000196. The SMILES string of the molecule is Cl.NCC[C@H](N)c1ccc(Cl)c(Cl)c1O. The second-order valence-corrected chi connectivity index (χ2v) is 3.77. The van der Waals surface area contributed by atoms with Gasteiger partial charge in [0.2, 0.25) is 0 Å². The van der Waals surface area contributed by atoms with Gasteiger partial charge in [-0.1, -0.05) is 29.3 Å². The predicted molar refractivity (Wildman–Crippen MR) is 66.0 cm³/mol. The Kier molecular flexibility index (Phi) is 6.32. The molecule has 86 valence electrons. The number of phenolic OH excluding ortho intramolecular Hbond substituents is 1. The maximum Gasteiger partial charge on any atom is 0.140 e. The van der Waals surface area contributed by atoms with Crippen LogP contribution in [-0.4, -0.2) is 11.7 Å². The third-order valence-corrected chi connectivity index (χ3v) is 2.77. The van der Waals surface area contributed by atoms with Gasteiger partial charge in [0.05, 0.1) is 5.02 Å². The van der Waals surface area contributed by atoms with Gasteiger partial charge in [-0.15, -0.1) is 12.4 Å². The van der Waals surface area contributed by atoms with Crippen molar-refractivity contribution in [3.63, 3.8) is 0 Å². The van der Waals surface area contributed by atoms with Crippen molar-refractivity contribution in [3.05, 3.63) is 27.7 Å². The molecule has 1 aromatic carbocycles. The second kappa shape index (κ2) is 6.40. The summed E-state index contributed by atoms with van der Waals surface area (Å²) in [5.74, 6) is -0.0554. The minimum atomic E-state index is -0.310.